The third-order valence-electron chi connectivity index (χ3n) is 2.87. The van der Waals surface area contributed by atoms with Crippen molar-refractivity contribution in [2.45, 2.75) is 19.4 Å². The minimum Gasteiger partial charge on any atom is -0.358 e. The number of carbonyl (C=O) groups is 1. The number of likely N-dealkylation sites (N-methyl/N-ethyl adjacent to an activating group) is 1. The molecule has 0 fully saturated rings. The predicted molar refractivity (Wildman–Crippen MR) is 70.1 cm³/mol. The molecule has 0 aliphatic heterocycles. The Balaban J connectivity index is 1.98. The van der Waals surface area contributed by atoms with Crippen LogP contribution in [-0.4, -0.2) is 22.5 Å². The van der Waals surface area contributed by atoms with Gasteiger partial charge in [-0.25, -0.2) is 4.98 Å². The molecule has 0 saturated carbocycles. The van der Waals surface area contributed by atoms with Crippen LogP contribution >= 0.6 is 0 Å². The molecule has 1 amide bonds. The van der Waals surface area contributed by atoms with Crippen LogP contribution in [0.2, 0.25) is 0 Å². The summed E-state index contributed by atoms with van der Waals surface area (Å²) in [6, 6.07) is 10.3. The monoisotopic (exact) mass is 243 g/mol. The Bertz CT molecular complexity index is 505. The van der Waals surface area contributed by atoms with Gasteiger partial charge in [0, 0.05) is 25.9 Å². The summed E-state index contributed by atoms with van der Waals surface area (Å²) in [6.45, 7) is 0.334. The molecule has 0 atom stereocenters. The lowest BCUT2D eigenvalue weighted by Gasteiger charge is -2.06. The van der Waals surface area contributed by atoms with E-state index in [2.05, 4.69) is 22.4 Å². The summed E-state index contributed by atoms with van der Waals surface area (Å²) >= 11 is 0. The highest BCUT2D eigenvalue weighted by Crippen LogP contribution is 2.06. The van der Waals surface area contributed by atoms with Crippen LogP contribution in [0, 0.1) is 0 Å². The van der Waals surface area contributed by atoms with Crippen molar-refractivity contribution < 1.29 is 4.79 Å². The summed E-state index contributed by atoms with van der Waals surface area (Å²) in [6.07, 6.45) is 5.36. The fourth-order valence-electron chi connectivity index (χ4n) is 1.85. The number of aryl methyl sites for hydroxylation is 2. The van der Waals surface area contributed by atoms with Crippen molar-refractivity contribution in [2.24, 2.45) is 0 Å². The second-order valence-electron chi connectivity index (χ2n) is 4.13. The molecule has 2 aromatic rings. The molecule has 0 radical (unpaired) electrons. The number of imidazole rings is 1. The number of carbonyl (C=O) groups excluding carboxylic acids is 1. The van der Waals surface area contributed by atoms with E-state index in [4.69, 9.17) is 0 Å². The molecule has 18 heavy (non-hydrogen) atoms. The zero-order valence-electron chi connectivity index (χ0n) is 10.5. The van der Waals surface area contributed by atoms with Crippen LogP contribution in [0.3, 0.4) is 0 Å². The average Bonchev–Trinajstić information content (AvgIpc) is 2.84. The van der Waals surface area contributed by atoms with Crippen LogP contribution in [0.4, 0.5) is 0 Å². The van der Waals surface area contributed by atoms with Crippen LogP contribution < -0.4 is 5.32 Å². The van der Waals surface area contributed by atoms with Crippen LogP contribution in [-0.2, 0) is 24.2 Å². The minimum absolute atomic E-state index is 0.00559. The fraction of sp³-hybridized carbons (Fsp3) is 0.286. The number of hydrogen-bond acceptors (Lipinski definition) is 2. The zero-order valence-corrected chi connectivity index (χ0v) is 10.5. The summed E-state index contributed by atoms with van der Waals surface area (Å²) in [4.78, 5) is 15.6. The number of nitrogens with zero attached hydrogens (tertiary/aromatic N) is 2. The first kappa shape index (κ1) is 12.4. The Hall–Kier alpha value is -2.10. The Morgan fingerprint density at radius 2 is 2.06 bits per heavy atom. The van der Waals surface area contributed by atoms with E-state index in [9.17, 15) is 4.79 Å². The molecule has 0 saturated heterocycles. The highest BCUT2D eigenvalue weighted by Gasteiger charge is 2.06. The first-order valence-electron chi connectivity index (χ1n) is 6.04. The maximum Gasteiger partial charge on any atom is 0.239 e. The number of nitrogens with one attached hydrogen (secondary N) is 1. The third-order valence-corrected chi connectivity index (χ3v) is 2.87. The first-order chi connectivity index (χ1) is 8.79. The van der Waals surface area contributed by atoms with Gasteiger partial charge in [-0.3, -0.25) is 4.79 Å². The highest BCUT2D eigenvalue weighted by atomic mass is 16.1. The highest BCUT2D eigenvalue weighted by molar-refractivity contribution is 5.75. The van der Waals surface area contributed by atoms with Crippen molar-refractivity contribution in [3.05, 3.63) is 54.1 Å². The van der Waals surface area contributed by atoms with E-state index in [1.807, 2.05) is 29.0 Å². The predicted octanol–water partition coefficient (Wildman–Crippen LogP) is 1.41. The Labute approximate surface area is 107 Å². The molecule has 0 unspecified atom stereocenters. The number of rotatable bonds is 5. The average molecular weight is 243 g/mol. The van der Waals surface area contributed by atoms with E-state index in [1.54, 1.807) is 13.2 Å². The van der Waals surface area contributed by atoms with Crippen LogP contribution in [0.5, 0.6) is 0 Å². The summed E-state index contributed by atoms with van der Waals surface area (Å²) in [5.74, 6) is 0.941. The molecular weight excluding hydrogens is 226 g/mol. The lowest BCUT2D eigenvalue weighted by atomic mass is 10.1. The van der Waals surface area contributed by atoms with Crippen LogP contribution in [0.15, 0.2) is 42.7 Å². The second kappa shape index (κ2) is 6.00. The van der Waals surface area contributed by atoms with Crippen LogP contribution in [0.25, 0.3) is 0 Å². The topological polar surface area (TPSA) is 46.9 Å². The van der Waals surface area contributed by atoms with Gasteiger partial charge in [-0.2, -0.15) is 0 Å². The molecule has 2 rings (SSSR count). The van der Waals surface area contributed by atoms with E-state index in [0.29, 0.717) is 6.54 Å². The quantitative estimate of drug-likeness (QED) is 0.863. The lowest BCUT2D eigenvalue weighted by Crippen LogP contribution is -2.24. The number of benzene rings is 1. The molecule has 0 aliphatic carbocycles. The van der Waals surface area contributed by atoms with Gasteiger partial charge in [0.05, 0.1) is 0 Å². The van der Waals surface area contributed by atoms with Crippen molar-refractivity contribution in [2.75, 3.05) is 7.05 Å². The number of aromatic nitrogens is 2. The number of hydrogen-bond donors (Lipinski definition) is 1. The zero-order chi connectivity index (χ0) is 12.8. The molecular formula is C14H17N3O. The van der Waals surface area contributed by atoms with Crippen molar-refractivity contribution in [1.29, 1.82) is 0 Å². The Kier molecular flexibility index (Phi) is 4.12. The molecule has 1 N–H and O–H groups in total. The lowest BCUT2D eigenvalue weighted by molar-refractivity contribution is -0.121. The van der Waals surface area contributed by atoms with E-state index in [0.717, 1.165) is 18.7 Å². The van der Waals surface area contributed by atoms with Crippen LogP contribution in [0.1, 0.15) is 11.4 Å². The van der Waals surface area contributed by atoms with Gasteiger partial charge in [0.2, 0.25) is 5.91 Å². The molecule has 4 nitrogen and oxygen atoms in total. The van der Waals surface area contributed by atoms with Crippen molar-refractivity contribution >= 4 is 5.91 Å². The maximum absolute atomic E-state index is 11.3. The van der Waals surface area contributed by atoms with E-state index in [-0.39, 0.29) is 5.91 Å². The third kappa shape index (κ3) is 3.20. The van der Waals surface area contributed by atoms with Gasteiger partial charge in [-0.05, 0) is 12.0 Å². The molecule has 0 bridgehead atoms. The summed E-state index contributed by atoms with van der Waals surface area (Å²) in [5.41, 5.74) is 1.28. The summed E-state index contributed by atoms with van der Waals surface area (Å²) < 4.78 is 1.89. The van der Waals surface area contributed by atoms with Crippen molar-refractivity contribution in [3.8, 4) is 0 Å². The van der Waals surface area contributed by atoms with Gasteiger partial charge >= 0.3 is 0 Å². The first-order valence-corrected chi connectivity index (χ1v) is 6.04. The fourth-order valence-corrected chi connectivity index (χ4v) is 1.85. The van der Waals surface area contributed by atoms with Gasteiger partial charge in [0.25, 0.3) is 0 Å². The largest absolute Gasteiger partial charge is 0.358 e. The standard InChI is InChI=1S/C14H17N3O/c1-15-14(18)11-17-10-9-16-13(17)8-7-12-5-3-2-4-6-12/h2-6,9-10H,7-8,11H2,1H3,(H,15,18). The van der Waals surface area contributed by atoms with Gasteiger partial charge in [0.15, 0.2) is 0 Å². The van der Waals surface area contributed by atoms with Gasteiger partial charge in [-0.15, -0.1) is 0 Å². The SMILES string of the molecule is CNC(=O)Cn1ccnc1CCc1ccccc1. The molecule has 1 heterocycles. The van der Waals surface area contributed by atoms with Crippen molar-refractivity contribution in [1.82, 2.24) is 14.9 Å². The maximum atomic E-state index is 11.3. The normalized spacial score (nSPS) is 10.3. The molecule has 94 valence electrons. The molecule has 0 aliphatic rings. The molecule has 1 aromatic carbocycles. The molecule has 0 spiro atoms. The van der Waals surface area contributed by atoms with E-state index >= 15 is 0 Å². The van der Waals surface area contributed by atoms with E-state index in [1.165, 1.54) is 5.56 Å². The van der Waals surface area contributed by atoms with E-state index < -0.39 is 0 Å². The summed E-state index contributed by atoms with van der Waals surface area (Å²) in [5, 5.41) is 2.62. The smallest absolute Gasteiger partial charge is 0.239 e. The number of amides is 1. The Morgan fingerprint density at radius 1 is 1.28 bits per heavy atom. The molecule has 1 aromatic heterocycles. The van der Waals surface area contributed by atoms with Crippen molar-refractivity contribution in [3.63, 3.8) is 0 Å². The molecule has 4 heteroatoms. The Morgan fingerprint density at radius 3 is 2.78 bits per heavy atom. The van der Waals surface area contributed by atoms with Gasteiger partial charge in [-0.1, -0.05) is 30.3 Å². The summed E-state index contributed by atoms with van der Waals surface area (Å²) in [7, 11) is 1.64. The second-order valence-corrected chi connectivity index (χ2v) is 4.13. The van der Waals surface area contributed by atoms with Gasteiger partial charge < -0.3 is 9.88 Å². The van der Waals surface area contributed by atoms with Gasteiger partial charge in [0.1, 0.15) is 12.4 Å². The minimum atomic E-state index is -0.00559.